The summed E-state index contributed by atoms with van der Waals surface area (Å²) in [6.45, 7) is 16.6. The van der Waals surface area contributed by atoms with E-state index in [1.165, 1.54) is 0 Å². The first-order valence-electron chi connectivity index (χ1n) is 19.5. The van der Waals surface area contributed by atoms with E-state index < -0.39 is 0 Å². The van der Waals surface area contributed by atoms with Crippen molar-refractivity contribution in [2.24, 2.45) is 0 Å². The Kier molecular flexibility index (Phi) is 15.4. The van der Waals surface area contributed by atoms with Gasteiger partial charge in [0.05, 0.1) is 36.0 Å². The van der Waals surface area contributed by atoms with Crippen molar-refractivity contribution in [1.29, 1.82) is 0 Å². The van der Waals surface area contributed by atoms with Crippen LogP contribution in [0.1, 0.15) is 63.3 Å². The first-order valence-corrected chi connectivity index (χ1v) is 19.5. The van der Waals surface area contributed by atoms with Crippen LogP contribution >= 0.6 is 24.8 Å². The van der Waals surface area contributed by atoms with Crippen LogP contribution in [-0.2, 0) is 0 Å². The van der Waals surface area contributed by atoms with E-state index in [2.05, 4.69) is 157 Å². The Morgan fingerprint density at radius 2 is 0.893 bits per heavy atom. The number of benzene rings is 2. The highest BCUT2D eigenvalue weighted by Gasteiger charge is 2.14. The molecule has 0 saturated heterocycles. The molecule has 2 aromatic carbocycles. The first kappa shape index (κ1) is 42.3. The highest BCUT2D eigenvalue weighted by Crippen LogP contribution is 2.33. The third-order valence-electron chi connectivity index (χ3n) is 10.2. The van der Waals surface area contributed by atoms with Crippen molar-refractivity contribution in [3.05, 3.63) is 108 Å². The number of H-pyrrole nitrogens is 2. The second kappa shape index (κ2) is 20.3. The summed E-state index contributed by atoms with van der Waals surface area (Å²) in [6.07, 6.45) is 10.4. The molecule has 8 bridgehead atoms. The summed E-state index contributed by atoms with van der Waals surface area (Å²) in [5.74, 6) is 1.75. The van der Waals surface area contributed by atoms with E-state index in [0.29, 0.717) is 13.2 Å². The fraction of sp³-hybridized carbons (Fsp3) is 0.304. The van der Waals surface area contributed by atoms with Crippen LogP contribution in [-0.4, -0.2) is 82.2 Å². The SMILES string of the molecule is CCN(CC)CCCOc1ccc(-c2c3nc(cc4ccc([nH]4)c(-c4ccc(OCCCN(CC)CC)cc4)c4nc(cc5ccc2[nH]5)C=C4)C=C3)cc1.Cl.Cl. The summed E-state index contributed by atoms with van der Waals surface area (Å²) in [6, 6.07) is 29.4. The molecule has 0 amide bonds. The zero-order valence-corrected chi connectivity index (χ0v) is 34.5. The largest absolute Gasteiger partial charge is 0.494 e. The maximum absolute atomic E-state index is 6.11. The molecular formula is C46H54Cl2N6O2. The molecule has 7 rings (SSSR count). The number of rotatable bonds is 16. The van der Waals surface area contributed by atoms with E-state index in [1.54, 1.807) is 0 Å². The molecule has 10 heteroatoms. The summed E-state index contributed by atoms with van der Waals surface area (Å²) in [5, 5.41) is 0. The molecule has 56 heavy (non-hydrogen) atoms. The normalized spacial score (nSPS) is 11.8. The van der Waals surface area contributed by atoms with Crippen molar-refractivity contribution in [3.8, 4) is 33.8 Å². The molecule has 0 atom stereocenters. The van der Waals surface area contributed by atoms with Gasteiger partial charge in [-0.2, -0.15) is 0 Å². The van der Waals surface area contributed by atoms with Crippen LogP contribution in [0.5, 0.6) is 11.5 Å². The maximum atomic E-state index is 6.11. The summed E-state index contributed by atoms with van der Waals surface area (Å²) >= 11 is 0. The van der Waals surface area contributed by atoms with Gasteiger partial charge in [0.25, 0.3) is 0 Å². The second-order valence-electron chi connectivity index (χ2n) is 13.7. The van der Waals surface area contributed by atoms with Gasteiger partial charge in [0.15, 0.2) is 0 Å². The number of aromatic amines is 2. The third kappa shape index (κ3) is 10.3. The minimum atomic E-state index is 0. The Labute approximate surface area is 343 Å². The fourth-order valence-corrected chi connectivity index (χ4v) is 7.15. The highest BCUT2D eigenvalue weighted by atomic mass is 35.5. The van der Waals surface area contributed by atoms with Gasteiger partial charge in [0, 0.05) is 46.3 Å². The standard InChI is InChI=1S/C46H52N6O2.2ClH/c1-5-51(6-2)27-9-29-53-39-19-11-33(12-20-39)45-41-23-15-35(47-41)31-37-17-25-43(49-37)46(44-26-18-38(50-44)32-36-16-24-42(45)48-36)34-13-21-40(22-14-34)54-30-10-28-52(7-3)8-4;;/h11-26,31-32,47,50H,5-10,27-30H2,1-4H3;2*1H. The van der Waals surface area contributed by atoms with Gasteiger partial charge in [0.2, 0.25) is 0 Å². The van der Waals surface area contributed by atoms with Crippen molar-refractivity contribution >= 4 is 71.2 Å². The quantitative estimate of drug-likeness (QED) is 0.0949. The van der Waals surface area contributed by atoms with Gasteiger partial charge in [-0.15, -0.1) is 24.8 Å². The Bertz CT molecular complexity index is 2090. The number of halogens is 2. The molecule has 3 aromatic heterocycles. The van der Waals surface area contributed by atoms with E-state index >= 15 is 0 Å². The zero-order chi connectivity index (χ0) is 37.3. The first-order chi connectivity index (χ1) is 26.5. The third-order valence-corrected chi connectivity index (χ3v) is 10.2. The molecule has 0 aliphatic carbocycles. The van der Waals surface area contributed by atoms with Crippen LogP contribution in [0.4, 0.5) is 0 Å². The topological polar surface area (TPSA) is 82.3 Å². The minimum Gasteiger partial charge on any atom is -0.494 e. The molecular weight excluding hydrogens is 739 g/mol. The lowest BCUT2D eigenvalue weighted by atomic mass is 10.0. The molecule has 0 radical (unpaired) electrons. The number of nitrogens with one attached hydrogen (secondary N) is 2. The molecule has 0 fully saturated rings. The Balaban J connectivity index is 0.00000300. The molecule has 8 nitrogen and oxygen atoms in total. The number of fused-ring (bicyclic) bond motifs is 8. The second-order valence-corrected chi connectivity index (χ2v) is 13.7. The van der Waals surface area contributed by atoms with Crippen molar-refractivity contribution in [2.75, 3.05) is 52.5 Å². The Morgan fingerprint density at radius 1 is 0.500 bits per heavy atom. The van der Waals surface area contributed by atoms with Crippen LogP contribution in [0.2, 0.25) is 0 Å². The lowest BCUT2D eigenvalue weighted by Crippen LogP contribution is -2.25. The van der Waals surface area contributed by atoms with Gasteiger partial charge in [-0.05, 0) is 135 Å². The number of aromatic nitrogens is 4. The zero-order valence-electron chi connectivity index (χ0n) is 32.9. The monoisotopic (exact) mass is 792 g/mol. The van der Waals surface area contributed by atoms with Crippen molar-refractivity contribution in [3.63, 3.8) is 0 Å². The fourth-order valence-electron chi connectivity index (χ4n) is 7.15. The molecule has 0 saturated carbocycles. The molecule has 5 heterocycles. The molecule has 5 aromatic rings. The van der Waals surface area contributed by atoms with Gasteiger partial charge in [-0.3, -0.25) is 0 Å². The van der Waals surface area contributed by atoms with Gasteiger partial charge in [0.1, 0.15) is 11.5 Å². The summed E-state index contributed by atoms with van der Waals surface area (Å²) in [7, 11) is 0. The molecule has 2 aliphatic rings. The van der Waals surface area contributed by atoms with Crippen LogP contribution in [0.3, 0.4) is 0 Å². The van der Waals surface area contributed by atoms with E-state index in [0.717, 1.165) is 131 Å². The smallest absolute Gasteiger partial charge is 0.119 e. The van der Waals surface area contributed by atoms with Gasteiger partial charge >= 0.3 is 0 Å². The van der Waals surface area contributed by atoms with Gasteiger partial charge in [-0.1, -0.05) is 52.0 Å². The van der Waals surface area contributed by atoms with Crippen molar-refractivity contribution < 1.29 is 9.47 Å². The number of hydrogen-bond acceptors (Lipinski definition) is 6. The molecule has 0 unspecified atom stereocenters. The predicted octanol–water partition coefficient (Wildman–Crippen LogP) is 11.1. The van der Waals surface area contributed by atoms with Crippen LogP contribution in [0, 0.1) is 0 Å². The minimum absolute atomic E-state index is 0. The van der Waals surface area contributed by atoms with Gasteiger partial charge in [-0.25, -0.2) is 9.97 Å². The van der Waals surface area contributed by atoms with E-state index in [1.807, 2.05) is 0 Å². The highest BCUT2D eigenvalue weighted by molar-refractivity contribution is 5.93. The van der Waals surface area contributed by atoms with E-state index in [4.69, 9.17) is 19.4 Å². The van der Waals surface area contributed by atoms with Crippen LogP contribution in [0.25, 0.3) is 68.6 Å². The van der Waals surface area contributed by atoms with E-state index in [-0.39, 0.29) is 24.8 Å². The number of nitrogens with zero attached hydrogens (tertiary/aromatic N) is 4. The van der Waals surface area contributed by atoms with Crippen LogP contribution < -0.4 is 9.47 Å². The predicted molar refractivity (Wildman–Crippen MR) is 240 cm³/mol. The van der Waals surface area contributed by atoms with E-state index in [9.17, 15) is 0 Å². The Morgan fingerprint density at radius 3 is 1.27 bits per heavy atom. The van der Waals surface area contributed by atoms with Gasteiger partial charge < -0.3 is 29.2 Å². The Hall–Kier alpha value is -4.86. The lowest BCUT2D eigenvalue weighted by Gasteiger charge is -2.17. The van der Waals surface area contributed by atoms with Crippen molar-refractivity contribution in [2.45, 2.75) is 40.5 Å². The average Bonchev–Trinajstić information content (AvgIpc) is 4.04. The lowest BCUT2D eigenvalue weighted by molar-refractivity contribution is 0.249. The summed E-state index contributed by atoms with van der Waals surface area (Å²) < 4.78 is 12.2. The average molecular weight is 794 g/mol. The molecule has 2 N–H and O–H groups in total. The molecule has 294 valence electrons. The summed E-state index contributed by atoms with van der Waals surface area (Å²) in [5.41, 5.74) is 11.7. The summed E-state index contributed by atoms with van der Waals surface area (Å²) in [4.78, 5) is 22.4. The maximum Gasteiger partial charge on any atom is 0.119 e. The van der Waals surface area contributed by atoms with Crippen molar-refractivity contribution in [1.82, 2.24) is 29.7 Å². The molecule has 0 spiro atoms. The number of hydrogen-bond donors (Lipinski definition) is 2. The van der Waals surface area contributed by atoms with Crippen LogP contribution in [0.15, 0.2) is 84.9 Å². The molecule has 2 aliphatic heterocycles. The number of ether oxygens (including phenoxy) is 2.